The molecule has 2 unspecified atom stereocenters. The molecule has 0 saturated carbocycles. The van der Waals surface area contributed by atoms with Crippen molar-refractivity contribution < 1.29 is 23.7 Å². The molecule has 0 fully saturated rings. The summed E-state index contributed by atoms with van der Waals surface area (Å²) in [6.45, 7) is 1.93. The van der Waals surface area contributed by atoms with E-state index in [9.17, 15) is 4.79 Å². The fourth-order valence-corrected chi connectivity index (χ4v) is 4.39. The molecule has 2 aliphatic heterocycles. The third-order valence-corrected chi connectivity index (χ3v) is 5.96. The van der Waals surface area contributed by atoms with Crippen molar-refractivity contribution in [3.8, 4) is 11.5 Å². The molecule has 0 amide bonds. The maximum absolute atomic E-state index is 11.6. The van der Waals surface area contributed by atoms with E-state index in [4.69, 9.17) is 18.9 Å². The van der Waals surface area contributed by atoms with E-state index in [0.29, 0.717) is 19.6 Å². The van der Waals surface area contributed by atoms with Crippen LogP contribution in [0.1, 0.15) is 47.1 Å². The lowest BCUT2D eigenvalue weighted by molar-refractivity contribution is -0.141. The predicted molar refractivity (Wildman–Crippen MR) is 114 cm³/mol. The number of carbonyl (C=O) groups is 1. The van der Waals surface area contributed by atoms with Crippen LogP contribution in [0.5, 0.6) is 11.5 Å². The average molecular weight is 404 g/mol. The lowest BCUT2D eigenvalue weighted by Gasteiger charge is -2.19. The predicted octanol–water partition coefficient (Wildman–Crippen LogP) is 4.68. The summed E-state index contributed by atoms with van der Waals surface area (Å²) in [5, 5.41) is 0. The van der Waals surface area contributed by atoms with Gasteiger partial charge in [-0.1, -0.05) is 36.4 Å². The van der Waals surface area contributed by atoms with Crippen LogP contribution in [-0.4, -0.2) is 32.9 Å². The van der Waals surface area contributed by atoms with Crippen LogP contribution in [0.15, 0.2) is 48.6 Å². The van der Waals surface area contributed by atoms with Crippen molar-refractivity contribution in [2.24, 2.45) is 0 Å². The van der Waals surface area contributed by atoms with Crippen molar-refractivity contribution in [2.45, 2.75) is 24.9 Å². The summed E-state index contributed by atoms with van der Waals surface area (Å²) in [6, 6.07) is 12.3. The first-order chi connectivity index (χ1) is 14.7. The minimum Gasteiger partial charge on any atom is -0.492 e. The first-order valence-corrected chi connectivity index (χ1v) is 10.3. The molecule has 5 rings (SSSR count). The Kier molecular flexibility index (Phi) is 5.05. The summed E-state index contributed by atoms with van der Waals surface area (Å²) in [6.07, 6.45) is 7.55. The second-order valence-corrected chi connectivity index (χ2v) is 7.75. The van der Waals surface area contributed by atoms with Crippen LogP contribution in [0.25, 0.3) is 11.6 Å². The van der Waals surface area contributed by atoms with Gasteiger partial charge in [-0.05, 0) is 35.3 Å². The van der Waals surface area contributed by atoms with Gasteiger partial charge in [-0.3, -0.25) is 4.79 Å². The second kappa shape index (κ2) is 8.00. The number of methoxy groups -OCH3 is 1. The number of hydrogen-bond donors (Lipinski definition) is 0. The van der Waals surface area contributed by atoms with Crippen LogP contribution in [0.2, 0.25) is 0 Å². The molecule has 2 heterocycles. The maximum atomic E-state index is 11.6. The highest BCUT2D eigenvalue weighted by atomic mass is 16.5. The number of ether oxygens (including phenoxy) is 4. The fourth-order valence-electron chi connectivity index (χ4n) is 4.39. The number of rotatable bonds is 5. The van der Waals surface area contributed by atoms with Crippen molar-refractivity contribution in [3.05, 3.63) is 70.8 Å². The number of fused-ring (bicyclic) bond motifs is 2. The maximum Gasteiger partial charge on any atom is 0.306 e. The summed E-state index contributed by atoms with van der Waals surface area (Å²) in [7, 11) is 1.41. The highest BCUT2D eigenvalue weighted by Gasteiger charge is 2.28. The molecule has 5 heteroatoms. The highest BCUT2D eigenvalue weighted by Crippen LogP contribution is 2.41. The smallest absolute Gasteiger partial charge is 0.306 e. The quantitative estimate of drug-likeness (QED) is 0.678. The average Bonchev–Trinajstić information content (AvgIpc) is 3.38. The molecular weight excluding hydrogens is 380 g/mol. The number of esters is 1. The molecule has 5 nitrogen and oxygen atoms in total. The lowest BCUT2D eigenvalue weighted by atomic mass is 9.94. The first-order valence-electron chi connectivity index (χ1n) is 10.3. The largest absolute Gasteiger partial charge is 0.492 e. The van der Waals surface area contributed by atoms with Gasteiger partial charge in [0.1, 0.15) is 17.6 Å². The zero-order valence-corrected chi connectivity index (χ0v) is 16.9. The van der Waals surface area contributed by atoms with E-state index in [2.05, 4.69) is 36.4 Å². The van der Waals surface area contributed by atoms with Crippen LogP contribution < -0.4 is 9.47 Å². The number of carbonyl (C=O) groups excluding carboxylic acids is 1. The molecule has 3 aliphatic rings. The van der Waals surface area contributed by atoms with Crippen molar-refractivity contribution in [1.29, 1.82) is 0 Å². The Balaban J connectivity index is 1.35. The molecule has 2 aromatic carbocycles. The van der Waals surface area contributed by atoms with Crippen LogP contribution in [0, 0.1) is 0 Å². The van der Waals surface area contributed by atoms with E-state index in [1.54, 1.807) is 0 Å². The summed E-state index contributed by atoms with van der Waals surface area (Å²) in [5.74, 6) is 1.35. The molecule has 1 aliphatic carbocycles. The van der Waals surface area contributed by atoms with Gasteiger partial charge in [0.15, 0.2) is 0 Å². The fraction of sp³-hybridized carbons (Fsp3) is 0.320. The van der Waals surface area contributed by atoms with E-state index in [-0.39, 0.29) is 18.0 Å². The van der Waals surface area contributed by atoms with E-state index < -0.39 is 0 Å². The molecule has 0 spiro atoms. The van der Waals surface area contributed by atoms with Gasteiger partial charge in [0.25, 0.3) is 0 Å². The molecule has 0 radical (unpaired) electrons. The van der Waals surface area contributed by atoms with Crippen LogP contribution in [0.4, 0.5) is 0 Å². The summed E-state index contributed by atoms with van der Waals surface area (Å²) >= 11 is 0. The first kappa shape index (κ1) is 18.9. The van der Waals surface area contributed by atoms with Crippen molar-refractivity contribution >= 4 is 17.6 Å². The zero-order chi connectivity index (χ0) is 20.5. The Morgan fingerprint density at radius 2 is 2.13 bits per heavy atom. The van der Waals surface area contributed by atoms with Gasteiger partial charge < -0.3 is 18.9 Å². The van der Waals surface area contributed by atoms with Gasteiger partial charge in [0.2, 0.25) is 0 Å². The van der Waals surface area contributed by atoms with Crippen molar-refractivity contribution in [2.75, 3.05) is 26.9 Å². The molecule has 0 saturated heterocycles. The van der Waals surface area contributed by atoms with Gasteiger partial charge in [0.05, 0.1) is 33.4 Å². The molecule has 2 aromatic rings. The molecular formula is C25H24O5. The minimum absolute atomic E-state index is 0.0314. The van der Waals surface area contributed by atoms with E-state index >= 15 is 0 Å². The molecule has 154 valence electrons. The Hall–Kier alpha value is -3.05. The van der Waals surface area contributed by atoms with E-state index in [1.165, 1.54) is 29.4 Å². The Bertz CT molecular complexity index is 1040. The molecule has 2 atom stereocenters. The van der Waals surface area contributed by atoms with Crippen molar-refractivity contribution in [3.63, 3.8) is 0 Å². The van der Waals surface area contributed by atoms with Gasteiger partial charge in [-0.2, -0.15) is 0 Å². The number of hydrogen-bond acceptors (Lipinski definition) is 5. The Morgan fingerprint density at radius 1 is 1.20 bits per heavy atom. The van der Waals surface area contributed by atoms with Gasteiger partial charge in [0, 0.05) is 23.1 Å². The standard InChI is InChI=1S/C25H24O5/c1-27-25(26)13-17-15-29-24-14-18(5-6-20(17)24)30-23-8-7-21-19(3-2-4-22(21)23)16-9-11-28-12-10-16/h2-9,14,17,23H,10-13,15H2,1H3. The lowest BCUT2D eigenvalue weighted by Crippen LogP contribution is -2.09. The van der Waals surface area contributed by atoms with Gasteiger partial charge in [-0.15, -0.1) is 0 Å². The molecule has 0 aromatic heterocycles. The highest BCUT2D eigenvalue weighted by molar-refractivity contribution is 5.79. The third kappa shape index (κ3) is 3.50. The topological polar surface area (TPSA) is 54.0 Å². The molecule has 0 N–H and O–H groups in total. The Morgan fingerprint density at radius 3 is 2.97 bits per heavy atom. The van der Waals surface area contributed by atoms with Crippen LogP contribution >= 0.6 is 0 Å². The summed E-state index contributed by atoms with van der Waals surface area (Å²) in [4.78, 5) is 11.6. The van der Waals surface area contributed by atoms with Crippen LogP contribution in [0.3, 0.4) is 0 Å². The van der Waals surface area contributed by atoms with Gasteiger partial charge >= 0.3 is 5.97 Å². The second-order valence-electron chi connectivity index (χ2n) is 7.75. The molecule has 30 heavy (non-hydrogen) atoms. The van der Waals surface area contributed by atoms with E-state index in [1.807, 2.05) is 18.2 Å². The van der Waals surface area contributed by atoms with Gasteiger partial charge in [-0.25, -0.2) is 0 Å². The van der Waals surface area contributed by atoms with Crippen LogP contribution in [-0.2, 0) is 14.3 Å². The summed E-state index contributed by atoms with van der Waals surface area (Å²) < 4.78 is 22.4. The normalized spacial score (nSPS) is 21.4. The molecule has 0 bridgehead atoms. The Labute approximate surface area is 175 Å². The summed E-state index contributed by atoms with van der Waals surface area (Å²) in [5.41, 5.74) is 6.03. The van der Waals surface area contributed by atoms with Crippen molar-refractivity contribution in [1.82, 2.24) is 0 Å². The zero-order valence-electron chi connectivity index (χ0n) is 16.9. The van der Waals surface area contributed by atoms with E-state index in [0.717, 1.165) is 30.1 Å². The third-order valence-electron chi connectivity index (χ3n) is 5.96. The minimum atomic E-state index is -0.222. The number of benzene rings is 2. The monoisotopic (exact) mass is 404 g/mol. The SMILES string of the molecule is COC(=O)CC1COc2cc(OC3C=Cc4c(C5=CCOCC5)cccc43)ccc21.